The molecular formula is C21H32N2O5. The van der Waals surface area contributed by atoms with Gasteiger partial charge in [0, 0.05) is 30.3 Å². The van der Waals surface area contributed by atoms with Gasteiger partial charge in [-0.2, -0.15) is 0 Å². The number of hydrogen-bond acceptors (Lipinski definition) is 5. The van der Waals surface area contributed by atoms with E-state index in [1.54, 1.807) is 38.1 Å². The van der Waals surface area contributed by atoms with Crippen LogP contribution < -0.4 is 10.6 Å². The van der Waals surface area contributed by atoms with Gasteiger partial charge in [-0.05, 0) is 44.9 Å². The Hall–Kier alpha value is -2.41. The van der Waals surface area contributed by atoms with Crippen molar-refractivity contribution in [1.82, 2.24) is 0 Å². The first-order valence-electron chi connectivity index (χ1n) is 9.59. The predicted octanol–water partition coefficient (Wildman–Crippen LogP) is 4.38. The summed E-state index contributed by atoms with van der Waals surface area (Å²) in [5.41, 5.74) is 0.0570. The van der Waals surface area contributed by atoms with E-state index in [2.05, 4.69) is 15.4 Å². The van der Waals surface area contributed by atoms with Crippen molar-refractivity contribution in [3.8, 4) is 0 Å². The SMILES string of the molecule is COC(=O)Nc1cccc(NC(=O)C(C)(C)OCCCCCC(=O)C(C)C)c1. The molecule has 28 heavy (non-hydrogen) atoms. The second-order valence-electron chi connectivity index (χ2n) is 7.44. The Balaban J connectivity index is 2.43. The lowest BCUT2D eigenvalue weighted by atomic mass is 10.0. The highest BCUT2D eigenvalue weighted by molar-refractivity contribution is 5.97. The van der Waals surface area contributed by atoms with Gasteiger partial charge < -0.3 is 14.8 Å². The fourth-order valence-corrected chi connectivity index (χ4v) is 2.38. The highest BCUT2D eigenvalue weighted by Gasteiger charge is 2.28. The Morgan fingerprint density at radius 3 is 2.29 bits per heavy atom. The van der Waals surface area contributed by atoms with Gasteiger partial charge in [0.25, 0.3) is 5.91 Å². The van der Waals surface area contributed by atoms with Crippen LogP contribution >= 0.6 is 0 Å². The fourth-order valence-electron chi connectivity index (χ4n) is 2.38. The van der Waals surface area contributed by atoms with Crippen molar-refractivity contribution in [3.63, 3.8) is 0 Å². The van der Waals surface area contributed by atoms with Crippen LogP contribution in [0.15, 0.2) is 24.3 Å². The first-order valence-corrected chi connectivity index (χ1v) is 9.59. The molecule has 0 aromatic heterocycles. The number of benzene rings is 1. The second-order valence-corrected chi connectivity index (χ2v) is 7.44. The molecule has 0 aliphatic heterocycles. The Morgan fingerprint density at radius 1 is 1.04 bits per heavy atom. The van der Waals surface area contributed by atoms with Gasteiger partial charge >= 0.3 is 6.09 Å². The molecule has 0 fully saturated rings. The molecule has 2 N–H and O–H groups in total. The van der Waals surface area contributed by atoms with Gasteiger partial charge in [-0.3, -0.25) is 14.9 Å². The molecule has 0 atom stereocenters. The van der Waals surface area contributed by atoms with Crippen LogP contribution in [0.25, 0.3) is 0 Å². The molecule has 0 radical (unpaired) electrons. The maximum Gasteiger partial charge on any atom is 0.411 e. The van der Waals surface area contributed by atoms with E-state index in [0.717, 1.165) is 19.3 Å². The molecule has 156 valence electrons. The molecular weight excluding hydrogens is 360 g/mol. The van der Waals surface area contributed by atoms with Gasteiger partial charge in [0.05, 0.1) is 7.11 Å². The van der Waals surface area contributed by atoms with Gasteiger partial charge in [0.1, 0.15) is 11.4 Å². The zero-order chi connectivity index (χ0) is 21.2. The normalized spacial score (nSPS) is 11.2. The zero-order valence-corrected chi connectivity index (χ0v) is 17.5. The largest absolute Gasteiger partial charge is 0.453 e. The van der Waals surface area contributed by atoms with Gasteiger partial charge in [-0.15, -0.1) is 0 Å². The van der Waals surface area contributed by atoms with Crippen LogP contribution in [-0.4, -0.2) is 37.1 Å². The van der Waals surface area contributed by atoms with E-state index in [9.17, 15) is 14.4 Å². The Morgan fingerprint density at radius 2 is 1.68 bits per heavy atom. The average molecular weight is 392 g/mol. The maximum atomic E-state index is 12.5. The van der Waals surface area contributed by atoms with Crippen LogP contribution in [0.3, 0.4) is 0 Å². The van der Waals surface area contributed by atoms with Crippen LogP contribution in [0.1, 0.15) is 53.4 Å². The second kappa shape index (κ2) is 11.4. The van der Waals surface area contributed by atoms with Crippen molar-refractivity contribution < 1.29 is 23.9 Å². The zero-order valence-electron chi connectivity index (χ0n) is 17.5. The van der Waals surface area contributed by atoms with E-state index < -0.39 is 11.7 Å². The molecule has 0 saturated carbocycles. The molecule has 0 spiro atoms. The summed E-state index contributed by atoms with van der Waals surface area (Å²) in [4.78, 5) is 35.4. The number of Topliss-reactive ketones (excluding diaryl/α,β-unsaturated/α-hetero) is 1. The summed E-state index contributed by atoms with van der Waals surface area (Å²) in [5.74, 6) is 0.0856. The Labute approximate surface area is 167 Å². The number of ketones is 1. The molecule has 1 aromatic rings. The first kappa shape index (κ1) is 23.6. The van der Waals surface area contributed by atoms with Crippen LogP contribution in [0, 0.1) is 5.92 Å². The van der Waals surface area contributed by atoms with Crippen molar-refractivity contribution >= 4 is 29.2 Å². The summed E-state index contributed by atoms with van der Waals surface area (Å²) in [7, 11) is 1.28. The van der Waals surface area contributed by atoms with E-state index in [-0.39, 0.29) is 17.6 Å². The van der Waals surface area contributed by atoms with Gasteiger partial charge in [-0.25, -0.2) is 4.79 Å². The molecule has 0 bridgehead atoms. The first-order chi connectivity index (χ1) is 13.2. The van der Waals surface area contributed by atoms with Crippen LogP contribution in [-0.2, 0) is 19.1 Å². The minimum absolute atomic E-state index is 0.0835. The van der Waals surface area contributed by atoms with E-state index in [1.165, 1.54) is 7.11 Å². The number of amides is 2. The minimum Gasteiger partial charge on any atom is -0.453 e. The van der Waals surface area contributed by atoms with Crippen LogP contribution in [0.5, 0.6) is 0 Å². The van der Waals surface area contributed by atoms with Crippen molar-refractivity contribution in [2.75, 3.05) is 24.4 Å². The molecule has 0 heterocycles. The topological polar surface area (TPSA) is 93.7 Å². The summed E-state index contributed by atoms with van der Waals surface area (Å²) in [6.45, 7) is 7.68. The third-order valence-electron chi connectivity index (χ3n) is 4.27. The number of nitrogens with one attached hydrogen (secondary N) is 2. The number of carbonyl (C=O) groups excluding carboxylic acids is 3. The highest BCUT2D eigenvalue weighted by Crippen LogP contribution is 2.19. The van der Waals surface area contributed by atoms with Crippen LogP contribution in [0.4, 0.5) is 16.2 Å². The monoisotopic (exact) mass is 392 g/mol. The lowest BCUT2D eigenvalue weighted by molar-refractivity contribution is -0.137. The predicted molar refractivity (Wildman–Crippen MR) is 109 cm³/mol. The van der Waals surface area contributed by atoms with Crippen molar-refractivity contribution in [1.29, 1.82) is 0 Å². The third-order valence-corrected chi connectivity index (χ3v) is 4.27. The van der Waals surface area contributed by atoms with Crippen molar-refractivity contribution in [2.45, 2.75) is 59.0 Å². The third kappa shape index (κ3) is 8.52. The lowest BCUT2D eigenvalue weighted by Gasteiger charge is -2.24. The van der Waals surface area contributed by atoms with Crippen molar-refractivity contribution in [3.05, 3.63) is 24.3 Å². The number of unbranched alkanes of at least 4 members (excludes halogenated alkanes) is 2. The highest BCUT2D eigenvalue weighted by atomic mass is 16.5. The van der Waals surface area contributed by atoms with Gasteiger partial charge in [0.2, 0.25) is 0 Å². The van der Waals surface area contributed by atoms with E-state index in [1.807, 2.05) is 13.8 Å². The summed E-state index contributed by atoms with van der Waals surface area (Å²) >= 11 is 0. The number of rotatable bonds is 11. The molecule has 1 aromatic carbocycles. The van der Waals surface area contributed by atoms with Gasteiger partial charge in [0.15, 0.2) is 0 Å². The molecule has 2 amide bonds. The smallest absolute Gasteiger partial charge is 0.411 e. The maximum absolute atomic E-state index is 12.5. The standard InChI is InChI=1S/C21H32N2O5/c1-15(2)18(24)12-7-6-8-13-28-21(3,4)19(25)22-16-10-9-11-17(14-16)23-20(26)27-5/h9-11,14-15H,6-8,12-13H2,1-5H3,(H,22,25)(H,23,26). The number of carbonyl (C=O) groups is 3. The van der Waals surface area contributed by atoms with Crippen LogP contribution in [0.2, 0.25) is 0 Å². The minimum atomic E-state index is -1.00. The number of anilines is 2. The quantitative estimate of drug-likeness (QED) is 0.545. The fraction of sp³-hybridized carbons (Fsp3) is 0.571. The molecule has 0 aliphatic carbocycles. The number of hydrogen-bond donors (Lipinski definition) is 2. The number of methoxy groups -OCH3 is 1. The Kier molecular flexibility index (Phi) is 9.65. The summed E-state index contributed by atoms with van der Waals surface area (Å²) in [5, 5.41) is 5.34. The molecule has 7 nitrogen and oxygen atoms in total. The van der Waals surface area contributed by atoms with E-state index >= 15 is 0 Å². The summed E-state index contributed by atoms with van der Waals surface area (Å²) in [6, 6.07) is 6.77. The van der Waals surface area contributed by atoms with E-state index in [4.69, 9.17) is 4.74 Å². The average Bonchev–Trinajstić information content (AvgIpc) is 2.64. The molecule has 0 aliphatic rings. The van der Waals surface area contributed by atoms with Crippen molar-refractivity contribution in [2.24, 2.45) is 5.92 Å². The van der Waals surface area contributed by atoms with E-state index in [0.29, 0.717) is 24.4 Å². The summed E-state index contributed by atoms with van der Waals surface area (Å²) in [6.07, 6.45) is 2.53. The Bertz CT molecular complexity index is 671. The summed E-state index contributed by atoms with van der Waals surface area (Å²) < 4.78 is 10.3. The molecule has 7 heteroatoms. The molecule has 0 unspecified atom stereocenters. The lowest BCUT2D eigenvalue weighted by Crippen LogP contribution is -2.40. The molecule has 1 rings (SSSR count). The van der Waals surface area contributed by atoms with Gasteiger partial charge in [-0.1, -0.05) is 26.3 Å². The molecule has 0 saturated heterocycles. The number of ether oxygens (including phenoxy) is 2.